The monoisotopic (exact) mass is 276 g/mol. The molecule has 1 aromatic heterocycles. The van der Waals surface area contributed by atoms with Gasteiger partial charge in [0.05, 0.1) is 0 Å². The van der Waals surface area contributed by atoms with E-state index in [1.165, 1.54) is 5.56 Å². The van der Waals surface area contributed by atoms with Gasteiger partial charge in [-0.2, -0.15) is 0 Å². The van der Waals surface area contributed by atoms with Crippen LogP contribution in [0.4, 0.5) is 5.95 Å². The number of hydrogen-bond acceptors (Lipinski definition) is 4. The van der Waals surface area contributed by atoms with Crippen LogP contribution in [0.2, 0.25) is 5.02 Å². The fraction of sp³-hybridized carbons (Fsp3) is 0.286. The van der Waals surface area contributed by atoms with Crippen LogP contribution in [0.3, 0.4) is 0 Å². The average molecular weight is 277 g/mol. The molecule has 0 aliphatic heterocycles. The molecule has 2 rings (SSSR count). The molecule has 0 bridgehead atoms. The van der Waals surface area contributed by atoms with Crippen LogP contribution in [0.15, 0.2) is 36.7 Å². The summed E-state index contributed by atoms with van der Waals surface area (Å²) in [6.07, 6.45) is 4.63. The molecule has 0 saturated carbocycles. The molecule has 4 nitrogen and oxygen atoms in total. The van der Waals surface area contributed by atoms with E-state index in [1.54, 1.807) is 7.05 Å². The highest BCUT2D eigenvalue weighted by molar-refractivity contribution is 6.30. The Morgan fingerprint density at radius 2 is 1.74 bits per heavy atom. The fourth-order valence-electron chi connectivity index (χ4n) is 1.69. The van der Waals surface area contributed by atoms with E-state index < -0.39 is 0 Å². The van der Waals surface area contributed by atoms with Crippen LogP contribution in [-0.2, 0) is 13.0 Å². The van der Waals surface area contributed by atoms with Crippen molar-refractivity contribution in [3.05, 3.63) is 52.8 Å². The van der Waals surface area contributed by atoms with Crippen molar-refractivity contribution < 1.29 is 0 Å². The van der Waals surface area contributed by atoms with E-state index in [4.69, 9.17) is 11.6 Å². The highest BCUT2D eigenvalue weighted by Crippen LogP contribution is 2.09. The minimum Gasteiger partial charge on any atom is -0.357 e. The molecule has 1 aromatic carbocycles. The Morgan fingerprint density at radius 3 is 2.37 bits per heavy atom. The zero-order chi connectivity index (χ0) is 13.5. The van der Waals surface area contributed by atoms with Crippen molar-refractivity contribution in [2.75, 3.05) is 18.9 Å². The van der Waals surface area contributed by atoms with E-state index in [-0.39, 0.29) is 0 Å². The maximum atomic E-state index is 5.84. The zero-order valence-electron chi connectivity index (χ0n) is 10.9. The quantitative estimate of drug-likeness (QED) is 0.796. The fourth-order valence-corrected chi connectivity index (χ4v) is 1.82. The van der Waals surface area contributed by atoms with E-state index in [2.05, 4.69) is 32.7 Å². The second kappa shape index (κ2) is 7.07. The van der Waals surface area contributed by atoms with Crippen LogP contribution in [0.1, 0.15) is 11.1 Å². The number of anilines is 1. The van der Waals surface area contributed by atoms with Gasteiger partial charge < -0.3 is 10.6 Å². The van der Waals surface area contributed by atoms with Crippen LogP contribution in [0.25, 0.3) is 0 Å². The molecule has 0 spiro atoms. The Labute approximate surface area is 118 Å². The molecule has 0 fully saturated rings. The molecular weight excluding hydrogens is 260 g/mol. The number of rotatable bonds is 6. The lowest BCUT2D eigenvalue weighted by molar-refractivity contribution is 0.683. The van der Waals surface area contributed by atoms with Crippen molar-refractivity contribution in [2.24, 2.45) is 0 Å². The number of nitrogens with zero attached hydrogens (tertiary/aromatic N) is 2. The molecule has 0 saturated heterocycles. The summed E-state index contributed by atoms with van der Waals surface area (Å²) in [5, 5.41) is 7.04. The molecule has 2 aromatic rings. The maximum absolute atomic E-state index is 5.84. The van der Waals surface area contributed by atoms with Crippen LogP contribution < -0.4 is 10.6 Å². The number of benzene rings is 1. The highest BCUT2D eigenvalue weighted by atomic mass is 35.5. The number of nitrogens with one attached hydrogen (secondary N) is 2. The molecule has 5 heteroatoms. The lowest BCUT2D eigenvalue weighted by Gasteiger charge is -2.05. The third-order valence-corrected chi connectivity index (χ3v) is 3.01. The predicted octanol–water partition coefficient (Wildman–Crippen LogP) is 2.50. The second-order valence-corrected chi connectivity index (χ2v) is 4.65. The number of hydrogen-bond donors (Lipinski definition) is 2. The highest BCUT2D eigenvalue weighted by Gasteiger charge is 1.97. The first-order valence-corrected chi connectivity index (χ1v) is 6.59. The van der Waals surface area contributed by atoms with Crippen molar-refractivity contribution in [1.29, 1.82) is 0 Å². The van der Waals surface area contributed by atoms with Gasteiger partial charge in [-0.05, 0) is 30.7 Å². The van der Waals surface area contributed by atoms with E-state index in [1.807, 2.05) is 24.5 Å². The summed E-state index contributed by atoms with van der Waals surface area (Å²) in [4.78, 5) is 8.33. The lowest BCUT2D eigenvalue weighted by Crippen LogP contribution is -2.17. The third kappa shape index (κ3) is 4.50. The smallest absolute Gasteiger partial charge is 0.222 e. The van der Waals surface area contributed by atoms with Gasteiger partial charge in [0.1, 0.15) is 0 Å². The molecule has 0 unspecified atom stereocenters. The molecule has 0 radical (unpaired) electrons. The molecule has 0 amide bonds. The molecular formula is C14H17ClN4. The van der Waals surface area contributed by atoms with Gasteiger partial charge in [-0.15, -0.1) is 0 Å². The Morgan fingerprint density at radius 1 is 1.05 bits per heavy atom. The summed E-state index contributed by atoms with van der Waals surface area (Å²) in [7, 11) is 1.80. The van der Waals surface area contributed by atoms with Gasteiger partial charge >= 0.3 is 0 Å². The van der Waals surface area contributed by atoms with Crippen molar-refractivity contribution in [3.63, 3.8) is 0 Å². The van der Waals surface area contributed by atoms with E-state index in [9.17, 15) is 0 Å². The molecule has 0 atom stereocenters. The van der Waals surface area contributed by atoms with E-state index in [0.717, 1.165) is 30.1 Å². The SMILES string of the molecule is CNc1ncc(CNCCc2ccc(Cl)cc2)cn1. The van der Waals surface area contributed by atoms with Crippen LogP contribution in [0, 0.1) is 0 Å². The summed E-state index contributed by atoms with van der Waals surface area (Å²) < 4.78 is 0. The molecule has 2 N–H and O–H groups in total. The summed E-state index contributed by atoms with van der Waals surface area (Å²) in [5.74, 6) is 0.643. The van der Waals surface area contributed by atoms with E-state index >= 15 is 0 Å². The van der Waals surface area contributed by atoms with Gasteiger partial charge in [0.15, 0.2) is 0 Å². The first-order valence-electron chi connectivity index (χ1n) is 6.22. The summed E-state index contributed by atoms with van der Waals surface area (Å²) in [6.45, 7) is 1.69. The Balaban J connectivity index is 1.72. The predicted molar refractivity (Wildman–Crippen MR) is 78.4 cm³/mol. The van der Waals surface area contributed by atoms with E-state index in [0.29, 0.717) is 5.95 Å². The lowest BCUT2D eigenvalue weighted by atomic mass is 10.1. The Bertz CT molecular complexity index is 496. The van der Waals surface area contributed by atoms with Gasteiger partial charge in [-0.1, -0.05) is 23.7 Å². The molecule has 0 aliphatic rings. The summed E-state index contributed by atoms with van der Waals surface area (Å²) >= 11 is 5.84. The van der Waals surface area contributed by atoms with Gasteiger partial charge in [-0.25, -0.2) is 9.97 Å². The van der Waals surface area contributed by atoms with Gasteiger partial charge in [0.25, 0.3) is 0 Å². The average Bonchev–Trinajstić information content (AvgIpc) is 2.46. The van der Waals surface area contributed by atoms with Crippen molar-refractivity contribution in [2.45, 2.75) is 13.0 Å². The van der Waals surface area contributed by atoms with Crippen LogP contribution in [0.5, 0.6) is 0 Å². The Kier molecular flexibility index (Phi) is 5.12. The standard InChI is InChI=1S/C14H17ClN4/c1-16-14-18-9-12(10-19-14)8-17-7-6-11-2-4-13(15)5-3-11/h2-5,9-10,17H,6-8H2,1H3,(H,16,18,19). The summed E-state index contributed by atoms with van der Waals surface area (Å²) in [5.41, 5.74) is 2.36. The topological polar surface area (TPSA) is 49.8 Å². The third-order valence-electron chi connectivity index (χ3n) is 2.76. The largest absolute Gasteiger partial charge is 0.357 e. The Hall–Kier alpha value is -1.65. The maximum Gasteiger partial charge on any atom is 0.222 e. The molecule has 0 aliphatic carbocycles. The minimum atomic E-state index is 0.643. The molecule has 19 heavy (non-hydrogen) atoms. The van der Waals surface area contributed by atoms with Gasteiger partial charge in [0.2, 0.25) is 5.95 Å². The first kappa shape index (κ1) is 13.8. The van der Waals surface area contributed by atoms with Crippen molar-refractivity contribution in [1.82, 2.24) is 15.3 Å². The summed E-state index contributed by atoms with van der Waals surface area (Å²) in [6, 6.07) is 7.94. The van der Waals surface area contributed by atoms with Crippen molar-refractivity contribution in [3.8, 4) is 0 Å². The normalized spacial score (nSPS) is 10.4. The first-order chi connectivity index (χ1) is 9.28. The van der Waals surface area contributed by atoms with Gasteiger partial charge in [0, 0.05) is 36.6 Å². The second-order valence-electron chi connectivity index (χ2n) is 4.22. The van der Waals surface area contributed by atoms with Crippen molar-refractivity contribution >= 4 is 17.5 Å². The van der Waals surface area contributed by atoms with Crippen LogP contribution >= 0.6 is 11.6 Å². The number of halogens is 1. The molecule has 100 valence electrons. The molecule has 1 heterocycles. The van der Waals surface area contributed by atoms with Gasteiger partial charge in [-0.3, -0.25) is 0 Å². The number of aromatic nitrogens is 2. The van der Waals surface area contributed by atoms with Crippen LogP contribution in [-0.4, -0.2) is 23.6 Å². The minimum absolute atomic E-state index is 0.643. The zero-order valence-corrected chi connectivity index (χ0v) is 11.6.